The molecule has 1 aromatic carbocycles. The number of rotatable bonds is 8. The number of nitrogens with two attached hydrogens (primary N) is 1. The summed E-state index contributed by atoms with van der Waals surface area (Å²) in [5, 5.41) is 1.38. The number of carbonyl (C=O) groups excluding carboxylic acids is 1. The van der Waals surface area contributed by atoms with Gasteiger partial charge in [-0.15, -0.1) is 0 Å². The fraction of sp³-hybridized carbons (Fsp3) is 0.538. The summed E-state index contributed by atoms with van der Waals surface area (Å²) in [5.41, 5.74) is 6.58. The van der Waals surface area contributed by atoms with Gasteiger partial charge in [-0.3, -0.25) is 4.79 Å². The van der Waals surface area contributed by atoms with Crippen molar-refractivity contribution in [1.29, 1.82) is 0 Å². The molecule has 1 unspecified atom stereocenters. The number of hydrogen-bond acceptors (Lipinski definition) is 5. The first kappa shape index (κ1) is 25.1. The Balaban J connectivity index is 0.000000166. The number of pyridine rings is 1. The van der Waals surface area contributed by atoms with Crippen LogP contribution in [0.5, 0.6) is 5.75 Å². The van der Waals surface area contributed by atoms with Crippen molar-refractivity contribution < 1.29 is 9.53 Å². The predicted molar refractivity (Wildman–Crippen MR) is 138 cm³/mol. The van der Waals surface area contributed by atoms with Crippen LogP contribution >= 0.6 is 23.2 Å². The molecule has 1 amide bonds. The molecule has 8 heteroatoms. The van der Waals surface area contributed by atoms with Gasteiger partial charge >= 0.3 is 0 Å². The van der Waals surface area contributed by atoms with E-state index in [2.05, 4.69) is 22.0 Å². The number of nitrogens with zero attached hydrogens (tertiary/aromatic N) is 3. The summed E-state index contributed by atoms with van der Waals surface area (Å²) in [6, 6.07) is 9.91. The molecule has 1 aromatic heterocycles. The summed E-state index contributed by atoms with van der Waals surface area (Å²) in [6.07, 6.45) is 10.3. The molecule has 2 aliphatic heterocycles. The molecular formula is C26H34Cl2N4O2. The fourth-order valence-corrected chi connectivity index (χ4v) is 4.79. The third kappa shape index (κ3) is 7.49. The number of primary amides is 1. The van der Waals surface area contributed by atoms with E-state index >= 15 is 0 Å². The minimum Gasteiger partial charge on any atom is -0.489 e. The van der Waals surface area contributed by atoms with Gasteiger partial charge < -0.3 is 20.3 Å². The van der Waals surface area contributed by atoms with Crippen molar-refractivity contribution in [2.24, 2.45) is 11.7 Å². The van der Waals surface area contributed by atoms with Gasteiger partial charge in [0, 0.05) is 19.3 Å². The maximum absolute atomic E-state index is 11.0. The zero-order chi connectivity index (χ0) is 23.9. The summed E-state index contributed by atoms with van der Waals surface area (Å²) in [6.45, 7) is 5.27. The first-order valence-electron chi connectivity index (χ1n) is 12.3. The van der Waals surface area contributed by atoms with E-state index in [1.165, 1.54) is 57.3 Å². The third-order valence-electron chi connectivity index (χ3n) is 6.58. The molecule has 3 heterocycles. The summed E-state index contributed by atoms with van der Waals surface area (Å²) in [4.78, 5) is 19.8. The van der Waals surface area contributed by atoms with Crippen LogP contribution in [0.4, 0.5) is 5.82 Å². The van der Waals surface area contributed by atoms with Gasteiger partial charge in [0.25, 0.3) is 0 Å². The SMILES string of the molecule is Clc1cc(CCCN2CCCC2)ccc1OC1CC1.NC(=O)C1CCN(c2ccc(Cl)cn2)C1. The van der Waals surface area contributed by atoms with Gasteiger partial charge in [-0.2, -0.15) is 0 Å². The van der Waals surface area contributed by atoms with Gasteiger partial charge in [-0.05, 0) is 94.4 Å². The first-order chi connectivity index (χ1) is 16.5. The zero-order valence-corrected chi connectivity index (χ0v) is 21.1. The molecule has 0 spiro atoms. The van der Waals surface area contributed by atoms with E-state index in [-0.39, 0.29) is 11.8 Å². The molecule has 1 atom stereocenters. The Morgan fingerprint density at radius 1 is 1.09 bits per heavy atom. The van der Waals surface area contributed by atoms with Crippen molar-refractivity contribution >= 4 is 34.9 Å². The van der Waals surface area contributed by atoms with Gasteiger partial charge in [-0.25, -0.2) is 4.98 Å². The van der Waals surface area contributed by atoms with Crippen molar-refractivity contribution in [3.05, 3.63) is 52.1 Å². The Bertz CT molecular complexity index is 946. The van der Waals surface area contributed by atoms with Crippen LogP contribution in [0.1, 0.15) is 44.1 Å². The average Bonchev–Trinajstić information content (AvgIpc) is 3.26. The Hall–Kier alpha value is -2.02. The molecule has 5 rings (SSSR count). The van der Waals surface area contributed by atoms with Crippen molar-refractivity contribution in [2.45, 2.75) is 51.0 Å². The second kappa shape index (κ2) is 12.1. The number of carbonyl (C=O) groups is 1. The Morgan fingerprint density at radius 2 is 1.88 bits per heavy atom. The van der Waals surface area contributed by atoms with Gasteiger partial charge in [0.2, 0.25) is 5.91 Å². The van der Waals surface area contributed by atoms with Crippen molar-refractivity contribution in [1.82, 2.24) is 9.88 Å². The number of ether oxygens (including phenoxy) is 1. The van der Waals surface area contributed by atoms with Crippen molar-refractivity contribution in [3.8, 4) is 5.75 Å². The molecular weight excluding hydrogens is 471 g/mol. The molecule has 34 heavy (non-hydrogen) atoms. The lowest BCUT2D eigenvalue weighted by Crippen LogP contribution is -2.27. The number of hydrogen-bond donors (Lipinski definition) is 1. The van der Waals surface area contributed by atoms with Crippen LogP contribution < -0.4 is 15.4 Å². The van der Waals surface area contributed by atoms with Crippen LogP contribution in [0, 0.1) is 5.92 Å². The van der Waals surface area contributed by atoms with Gasteiger partial charge in [-0.1, -0.05) is 29.3 Å². The molecule has 1 saturated carbocycles. The highest BCUT2D eigenvalue weighted by Gasteiger charge is 2.27. The summed E-state index contributed by atoms with van der Waals surface area (Å²) in [5.74, 6) is 1.42. The number of amides is 1. The molecule has 0 bridgehead atoms. The largest absolute Gasteiger partial charge is 0.489 e. The van der Waals surface area contributed by atoms with Crippen molar-refractivity contribution in [2.75, 3.05) is 37.6 Å². The van der Waals surface area contributed by atoms with E-state index in [4.69, 9.17) is 33.7 Å². The minimum absolute atomic E-state index is 0.0533. The molecule has 184 valence electrons. The number of aryl methyl sites for hydroxylation is 1. The molecule has 2 saturated heterocycles. The monoisotopic (exact) mass is 504 g/mol. The molecule has 3 fully saturated rings. The van der Waals surface area contributed by atoms with Crippen LogP contribution in [-0.4, -0.2) is 54.6 Å². The number of benzene rings is 1. The average molecular weight is 505 g/mol. The zero-order valence-electron chi connectivity index (χ0n) is 19.6. The summed E-state index contributed by atoms with van der Waals surface area (Å²) < 4.78 is 5.76. The topological polar surface area (TPSA) is 71.7 Å². The fourth-order valence-electron chi connectivity index (χ4n) is 4.43. The van der Waals surface area contributed by atoms with E-state index in [0.29, 0.717) is 17.7 Å². The first-order valence-corrected chi connectivity index (χ1v) is 13.1. The molecule has 1 aliphatic carbocycles. The van der Waals surface area contributed by atoms with Gasteiger partial charge in [0.1, 0.15) is 11.6 Å². The lowest BCUT2D eigenvalue weighted by atomic mass is 10.1. The van der Waals surface area contributed by atoms with E-state index in [0.717, 1.165) is 36.0 Å². The van der Waals surface area contributed by atoms with Crippen LogP contribution in [-0.2, 0) is 11.2 Å². The number of anilines is 1. The third-order valence-corrected chi connectivity index (χ3v) is 7.10. The molecule has 3 aliphatic rings. The normalized spacial score (nSPS) is 20.2. The Morgan fingerprint density at radius 3 is 2.50 bits per heavy atom. The van der Waals surface area contributed by atoms with E-state index in [1.54, 1.807) is 12.3 Å². The minimum atomic E-state index is -0.230. The lowest BCUT2D eigenvalue weighted by Gasteiger charge is -2.16. The molecule has 2 N–H and O–H groups in total. The van der Waals surface area contributed by atoms with Crippen LogP contribution in [0.3, 0.4) is 0 Å². The number of likely N-dealkylation sites (tertiary alicyclic amines) is 1. The van der Waals surface area contributed by atoms with Gasteiger partial charge in [0.15, 0.2) is 0 Å². The highest BCUT2D eigenvalue weighted by Crippen LogP contribution is 2.32. The maximum atomic E-state index is 11.0. The number of aromatic nitrogens is 1. The quantitative estimate of drug-likeness (QED) is 0.550. The van der Waals surface area contributed by atoms with Crippen LogP contribution in [0.2, 0.25) is 10.0 Å². The van der Waals surface area contributed by atoms with Crippen LogP contribution in [0.25, 0.3) is 0 Å². The maximum Gasteiger partial charge on any atom is 0.222 e. The summed E-state index contributed by atoms with van der Waals surface area (Å²) >= 11 is 12.0. The van der Waals surface area contributed by atoms with Crippen LogP contribution in [0.15, 0.2) is 36.5 Å². The smallest absolute Gasteiger partial charge is 0.222 e. The van der Waals surface area contributed by atoms with Crippen molar-refractivity contribution in [3.63, 3.8) is 0 Å². The Labute approximate surface area is 212 Å². The standard InChI is InChI=1S/C16H22ClNO.C10H12ClN3O/c17-15-12-13(4-3-11-18-9-1-2-10-18)5-8-16(15)19-14-6-7-14;11-8-1-2-9(13-5-8)14-4-3-7(6-14)10(12)15/h5,8,12,14H,1-4,6-7,9-11H2;1-2,5,7H,3-4,6H2,(H2,12,15). The van der Waals surface area contributed by atoms with E-state index < -0.39 is 0 Å². The number of halogens is 2. The predicted octanol–water partition coefficient (Wildman–Crippen LogP) is 4.96. The molecule has 0 radical (unpaired) electrons. The van der Waals surface area contributed by atoms with E-state index in [1.807, 2.05) is 17.0 Å². The lowest BCUT2D eigenvalue weighted by molar-refractivity contribution is -0.121. The molecule has 6 nitrogen and oxygen atoms in total. The molecule has 2 aromatic rings. The highest BCUT2D eigenvalue weighted by atomic mass is 35.5. The second-order valence-corrected chi connectivity index (χ2v) is 10.2. The summed E-state index contributed by atoms with van der Waals surface area (Å²) in [7, 11) is 0. The van der Waals surface area contributed by atoms with E-state index in [9.17, 15) is 4.79 Å². The highest BCUT2D eigenvalue weighted by molar-refractivity contribution is 6.32. The van der Waals surface area contributed by atoms with Gasteiger partial charge in [0.05, 0.1) is 22.1 Å². The Kier molecular flexibility index (Phi) is 8.92. The second-order valence-electron chi connectivity index (χ2n) is 9.40.